The van der Waals surface area contributed by atoms with Gasteiger partial charge in [0.1, 0.15) is 17.9 Å². The highest BCUT2D eigenvalue weighted by Gasteiger charge is 2.24. The largest absolute Gasteiger partial charge is 0.483 e. The Labute approximate surface area is 187 Å². The molecule has 6 heteroatoms. The number of nitrogens with two attached hydrogens (primary N) is 1. The van der Waals surface area contributed by atoms with Crippen molar-refractivity contribution < 1.29 is 4.74 Å². The van der Waals surface area contributed by atoms with Crippen LogP contribution >= 0.6 is 12.6 Å². The molecule has 1 unspecified atom stereocenters. The van der Waals surface area contributed by atoms with E-state index >= 15 is 0 Å². The number of ether oxygens (including phenoxy) is 1. The molecule has 0 radical (unpaired) electrons. The first-order valence-electron chi connectivity index (χ1n) is 10.6. The van der Waals surface area contributed by atoms with E-state index in [0.29, 0.717) is 11.9 Å². The van der Waals surface area contributed by atoms with Gasteiger partial charge in [-0.3, -0.25) is 9.98 Å². The van der Waals surface area contributed by atoms with Gasteiger partial charge in [-0.15, -0.1) is 12.6 Å². The van der Waals surface area contributed by atoms with Gasteiger partial charge in [0.15, 0.2) is 0 Å². The van der Waals surface area contributed by atoms with Crippen molar-refractivity contribution in [3.05, 3.63) is 58.4 Å². The van der Waals surface area contributed by atoms with E-state index < -0.39 is 0 Å². The van der Waals surface area contributed by atoms with E-state index in [1.165, 1.54) is 35.1 Å². The molecular weight excluding hydrogens is 392 g/mol. The zero-order chi connectivity index (χ0) is 22.1. The molecule has 0 spiro atoms. The second-order valence-electron chi connectivity index (χ2n) is 7.92. The lowest BCUT2D eigenvalue weighted by Gasteiger charge is -2.16. The predicted molar refractivity (Wildman–Crippen MR) is 130 cm³/mol. The fourth-order valence-electron chi connectivity index (χ4n) is 3.20. The smallest absolute Gasteiger partial charge is 0.131 e. The summed E-state index contributed by atoms with van der Waals surface area (Å²) in [4.78, 5) is 10.2. The van der Waals surface area contributed by atoms with E-state index in [1.807, 2.05) is 6.20 Å². The number of aliphatic imine (C=N–C) groups is 1. The highest BCUT2D eigenvalue weighted by molar-refractivity contribution is 7.80. The summed E-state index contributed by atoms with van der Waals surface area (Å²) >= 11 is 4.09. The number of benzene rings is 1. The molecule has 0 saturated heterocycles. The van der Waals surface area contributed by atoms with Crippen LogP contribution in [0.2, 0.25) is 0 Å². The first-order chi connectivity index (χ1) is 14.4. The van der Waals surface area contributed by atoms with Crippen molar-refractivity contribution in [2.45, 2.75) is 52.1 Å². The second kappa shape index (κ2) is 12.1. The molecule has 1 aliphatic carbocycles. The molecule has 1 fully saturated rings. The summed E-state index contributed by atoms with van der Waals surface area (Å²) in [7, 11) is 2.15. The van der Waals surface area contributed by atoms with Gasteiger partial charge in [0.05, 0.1) is 0 Å². The molecule has 2 aromatic rings. The average molecular weight is 429 g/mol. The number of hydrogen-bond donors (Lipinski definition) is 2. The van der Waals surface area contributed by atoms with E-state index in [1.54, 1.807) is 6.20 Å². The number of aromatic nitrogens is 1. The summed E-state index contributed by atoms with van der Waals surface area (Å²) in [5.74, 6) is 2.09. The Kier molecular flexibility index (Phi) is 9.82. The minimum Gasteiger partial charge on any atom is -0.483 e. The number of rotatable bonds is 9. The predicted octanol–water partition coefficient (Wildman–Crippen LogP) is 4.68. The summed E-state index contributed by atoms with van der Waals surface area (Å²) in [6.45, 7) is 12.0. The zero-order valence-corrected chi connectivity index (χ0v) is 19.7. The van der Waals surface area contributed by atoms with Crippen molar-refractivity contribution in [1.29, 1.82) is 0 Å². The summed E-state index contributed by atoms with van der Waals surface area (Å²) in [5.41, 5.74) is 11.9. The van der Waals surface area contributed by atoms with Crippen molar-refractivity contribution in [2.24, 2.45) is 10.7 Å². The number of hydrogen-bond acceptors (Lipinski definition) is 6. The molecule has 3 rings (SSSR count). The summed E-state index contributed by atoms with van der Waals surface area (Å²) in [6, 6.07) is 6.44. The average Bonchev–Trinajstić information content (AvgIpc) is 3.60. The molecule has 0 amide bonds. The van der Waals surface area contributed by atoms with Crippen molar-refractivity contribution in [2.75, 3.05) is 26.1 Å². The number of pyridine rings is 1. The third-order valence-electron chi connectivity index (χ3n) is 5.52. The lowest BCUT2D eigenvalue weighted by molar-refractivity contribution is 0.357. The lowest BCUT2D eigenvalue weighted by Crippen LogP contribution is -2.20. The Morgan fingerprint density at radius 3 is 2.60 bits per heavy atom. The van der Waals surface area contributed by atoms with E-state index in [2.05, 4.69) is 80.2 Å². The molecule has 1 aromatic heterocycles. The third-order valence-corrected chi connectivity index (χ3v) is 5.65. The molecule has 5 nitrogen and oxygen atoms in total. The molecule has 0 bridgehead atoms. The summed E-state index contributed by atoms with van der Waals surface area (Å²) in [6.07, 6.45) is 7.00. The number of thiol groups is 1. The molecule has 1 aromatic carbocycles. The Morgan fingerprint density at radius 1 is 1.27 bits per heavy atom. The van der Waals surface area contributed by atoms with Crippen LogP contribution in [0.25, 0.3) is 0 Å². The molecule has 0 aliphatic heterocycles. The number of aryl methyl sites for hydroxylation is 2. The number of nitrogens with zero attached hydrogens (tertiary/aromatic N) is 3. The minimum absolute atomic E-state index is 0.328. The Balaban J connectivity index is 0.000000220. The van der Waals surface area contributed by atoms with Gasteiger partial charge in [-0.25, -0.2) is 0 Å². The standard InChI is InChI=1S/C14H23NOS.C10H13N3/c1-5-15(4)7-6-13-8-12(3)14(16-10-17)9-11(13)2;1-12-10(11)9-4-8(5-13-6-9)7-2-3-7/h8-9,17H,5-7,10H2,1-4H3;4-7,10H,1-3,11H2. The van der Waals surface area contributed by atoms with Gasteiger partial charge in [0.25, 0.3) is 0 Å². The van der Waals surface area contributed by atoms with E-state index in [9.17, 15) is 0 Å². The highest BCUT2D eigenvalue weighted by Crippen LogP contribution is 2.40. The highest BCUT2D eigenvalue weighted by atomic mass is 32.1. The second-order valence-corrected chi connectivity index (χ2v) is 8.18. The van der Waals surface area contributed by atoms with E-state index in [4.69, 9.17) is 10.5 Å². The molecule has 2 N–H and O–H groups in total. The fourth-order valence-corrected chi connectivity index (χ4v) is 3.34. The molecule has 1 atom stereocenters. The van der Waals surface area contributed by atoms with Crippen LogP contribution in [-0.4, -0.2) is 42.7 Å². The van der Waals surface area contributed by atoms with Crippen molar-refractivity contribution in [3.63, 3.8) is 0 Å². The maximum absolute atomic E-state index is 5.71. The van der Waals surface area contributed by atoms with Crippen LogP contribution in [0.15, 0.2) is 35.6 Å². The van der Waals surface area contributed by atoms with Crippen LogP contribution in [0.3, 0.4) is 0 Å². The molecule has 30 heavy (non-hydrogen) atoms. The fraction of sp³-hybridized carbons (Fsp3) is 0.500. The molecule has 1 aliphatic rings. The first kappa shape index (κ1) is 24.4. The van der Waals surface area contributed by atoms with Crippen LogP contribution < -0.4 is 10.5 Å². The zero-order valence-electron chi connectivity index (χ0n) is 18.8. The lowest BCUT2D eigenvalue weighted by atomic mass is 10.0. The SMILES string of the molecule is C=NC(N)c1cncc(C2CC2)c1.CCN(C)CCc1cc(C)c(OCS)cc1C. The molecular formula is C24H36N4OS. The molecule has 1 heterocycles. The molecule has 1 saturated carbocycles. The van der Waals surface area contributed by atoms with Gasteiger partial charge in [-0.2, -0.15) is 0 Å². The van der Waals surface area contributed by atoms with Crippen molar-refractivity contribution in [3.8, 4) is 5.75 Å². The monoisotopic (exact) mass is 428 g/mol. The maximum Gasteiger partial charge on any atom is 0.131 e. The van der Waals surface area contributed by atoms with Crippen molar-refractivity contribution in [1.82, 2.24) is 9.88 Å². The van der Waals surface area contributed by atoms with Gasteiger partial charge in [0.2, 0.25) is 0 Å². The van der Waals surface area contributed by atoms with Crippen LogP contribution in [0.1, 0.15) is 59.7 Å². The number of likely N-dealkylation sites (N-methyl/N-ethyl adjacent to an activating group) is 1. The minimum atomic E-state index is -0.328. The third kappa shape index (κ3) is 7.42. The topological polar surface area (TPSA) is 63.7 Å². The van der Waals surface area contributed by atoms with E-state index in [0.717, 1.165) is 30.8 Å². The van der Waals surface area contributed by atoms with Crippen LogP contribution in [0.5, 0.6) is 5.75 Å². The quantitative estimate of drug-likeness (QED) is 0.346. The van der Waals surface area contributed by atoms with Crippen LogP contribution in [0.4, 0.5) is 0 Å². The van der Waals surface area contributed by atoms with Crippen LogP contribution in [0, 0.1) is 13.8 Å². The Morgan fingerprint density at radius 2 is 2.00 bits per heavy atom. The normalized spacial score (nSPS) is 14.1. The van der Waals surface area contributed by atoms with Gasteiger partial charge in [-0.05, 0) is 93.7 Å². The molecule has 164 valence electrons. The van der Waals surface area contributed by atoms with E-state index in [-0.39, 0.29) is 6.17 Å². The summed E-state index contributed by atoms with van der Waals surface area (Å²) < 4.78 is 5.47. The van der Waals surface area contributed by atoms with Gasteiger partial charge in [-0.1, -0.05) is 13.0 Å². The van der Waals surface area contributed by atoms with Gasteiger partial charge < -0.3 is 15.4 Å². The Bertz CT molecular complexity index is 823. The Hall–Kier alpha value is -1.89. The van der Waals surface area contributed by atoms with Gasteiger partial charge in [0, 0.05) is 24.5 Å². The van der Waals surface area contributed by atoms with Crippen LogP contribution in [-0.2, 0) is 6.42 Å². The first-order valence-corrected chi connectivity index (χ1v) is 11.2. The summed E-state index contributed by atoms with van der Waals surface area (Å²) in [5, 5.41) is 0. The maximum atomic E-state index is 5.71. The van der Waals surface area contributed by atoms with Crippen molar-refractivity contribution >= 4 is 19.3 Å². The van der Waals surface area contributed by atoms with Gasteiger partial charge >= 0.3 is 0 Å².